The highest BCUT2D eigenvalue weighted by Crippen LogP contribution is 2.29. The summed E-state index contributed by atoms with van der Waals surface area (Å²) in [5, 5.41) is 2.50. The van der Waals surface area contributed by atoms with Gasteiger partial charge in [0.1, 0.15) is 6.04 Å². The van der Waals surface area contributed by atoms with Gasteiger partial charge in [-0.2, -0.15) is 13.2 Å². The van der Waals surface area contributed by atoms with Crippen LogP contribution in [-0.4, -0.2) is 26.6 Å². The summed E-state index contributed by atoms with van der Waals surface area (Å²) in [7, 11) is -3.76. The molecule has 0 radical (unpaired) electrons. The summed E-state index contributed by atoms with van der Waals surface area (Å²) in [6, 6.07) is 10.1. The minimum absolute atomic E-state index is 0.154. The number of hydrogen-bond donors (Lipinski definition) is 1. The second kappa shape index (κ2) is 8.22. The lowest BCUT2D eigenvalue weighted by Gasteiger charge is -2.28. The number of benzene rings is 2. The van der Waals surface area contributed by atoms with Gasteiger partial charge in [-0.05, 0) is 43.7 Å². The summed E-state index contributed by atoms with van der Waals surface area (Å²) in [6.07, 6.45) is -3.49. The van der Waals surface area contributed by atoms with Gasteiger partial charge < -0.3 is 5.32 Å². The molecule has 9 heteroatoms. The summed E-state index contributed by atoms with van der Waals surface area (Å²) in [5.74, 6) is -0.622. The van der Waals surface area contributed by atoms with Crippen molar-refractivity contribution in [2.45, 2.75) is 32.6 Å². The van der Waals surface area contributed by atoms with Crippen LogP contribution in [0.1, 0.15) is 23.6 Å². The molecule has 2 aromatic carbocycles. The number of alkyl halides is 3. The standard InChI is InChI=1S/C19H21F3N2O3S/c1-13-7-9-17(10-8-13)24(28(3,26)27)14(2)18(25)23-12-15-5-4-6-16(11-15)19(20,21)22/h4-11,14H,12H2,1-3H3,(H,23,25)/t14-/m1/s1. The molecule has 152 valence electrons. The number of carbonyl (C=O) groups is 1. The molecule has 2 rings (SSSR count). The Bertz CT molecular complexity index is 942. The van der Waals surface area contributed by atoms with Crippen molar-refractivity contribution in [2.75, 3.05) is 10.6 Å². The first-order valence-electron chi connectivity index (χ1n) is 8.39. The predicted molar refractivity (Wildman–Crippen MR) is 101 cm³/mol. The highest BCUT2D eigenvalue weighted by atomic mass is 32.2. The van der Waals surface area contributed by atoms with Crippen molar-refractivity contribution in [3.8, 4) is 0 Å². The van der Waals surface area contributed by atoms with Crippen LogP contribution in [0.5, 0.6) is 0 Å². The van der Waals surface area contributed by atoms with Crippen LogP contribution in [0, 0.1) is 6.92 Å². The maximum Gasteiger partial charge on any atom is 0.416 e. The fourth-order valence-electron chi connectivity index (χ4n) is 2.69. The minimum Gasteiger partial charge on any atom is -0.350 e. The van der Waals surface area contributed by atoms with Crippen LogP contribution in [0.25, 0.3) is 0 Å². The maximum atomic E-state index is 12.8. The molecule has 0 saturated carbocycles. The van der Waals surface area contributed by atoms with Crippen molar-refractivity contribution in [3.63, 3.8) is 0 Å². The number of nitrogens with zero attached hydrogens (tertiary/aromatic N) is 1. The number of anilines is 1. The zero-order chi connectivity index (χ0) is 21.1. The van der Waals surface area contributed by atoms with E-state index in [2.05, 4.69) is 5.32 Å². The summed E-state index contributed by atoms with van der Waals surface area (Å²) >= 11 is 0. The normalized spacial score (nSPS) is 13.1. The molecule has 0 saturated heterocycles. The van der Waals surface area contributed by atoms with Gasteiger partial charge in [-0.3, -0.25) is 9.10 Å². The molecule has 1 atom stereocenters. The second-order valence-electron chi connectivity index (χ2n) is 6.49. The third-order valence-corrected chi connectivity index (χ3v) is 5.34. The van der Waals surface area contributed by atoms with Gasteiger partial charge in [0.2, 0.25) is 15.9 Å². The number of hydrogen-bond acceptors (Lipinski definition) is 3. The van der Waals surface area contributed by atoms with E-state index in [0.717, 1.165) is 28.3 Å². The first-order chi connectivity index (χ1) is 12.9. The van der Waals surface area contributed by atoms with E-state index in [-0.39, 0.29) is 12.1 Å². The van der Waals surface area contributed by atoms with Crippen molar-refractivity contribution in [2.24, 2.45) is 0 Å². The number of nitrogens with one attached hydrogen (secondary N) is 1. The lowest BCUT2D eigenvalue weighted by Crippen LogP contribution is -2.47. The first kappa shape index (κ1) is 21.7. The Labute approximate surface area is 162 Å². The molecule has 0 aliphatic carbocycles. The number of sulfonamides is 1. The molecule has 1 N–H and O–H groups in total. The largest absolute Gasteiger partial charge is 0.416 e. The van der Waals surface area contributed by atoms with Crippen LogP contribution in [0.15, 0.2) is 48.5 Å². The van der Waals surface area contributed by atoms with Crippen molar-refractivity contribution in [1.82, 2.24) is 5.32 Å². The average molecular weight is 414 g/mol. The van der Waals surface area contributed by atoms with E-state index >= 15 is 0 Å². The number of carbonyl (C=O) groups excluding carboxylic acids is 1. The molecular formula is C19H21F3N2O3S. The summed E-state index contributed by atoms with van der Waals surface area (Å²) in [5.41, 5.74) is 0.704. The summed E-state index contributed by atoms with van der Waals surface area (Å²) in [6.45, 7) is 3.11. The molecule has 0 aliphatic rings. The van der Waals surface area contributed by atoms with E-state index in [1.165, 1.54) is 19.1 Å². The fraction of sp³-hybridized carbons (Fsp3) is 0.316. The van der Waals surface area contributed by atoms with E-state index in [4.69, 9.17) is 0 Å². The molecule has 0 fully saturated rings. The summed E-state index contributed by atoms with van der Waals surface area (Å²) in [4.78, 5) is 12.5. The number of amides is 1. The van der Waals surface area contributed by atoms with Gasteiger partial charge >= 0.3 is 6.18 Å². The topological polar surface area (TPSA) is 66.5 Å². The smallest absolute Gasteiger partial charge is 0.350 e. The van der Waals surface area contributed by atoms with Crippen LogP contribution >= 0.6 is 0 Å². The Kier molecular flexibility index (Phi) is 6.38. The molecule has 0 spiro atoms. The Morgan fingerprint density at radius 3 is 2.29 bits per heavy atom. The lowest BCUT2D eigenvalue weighted by atomic mass is 10.1. The van der Waals surface area contributed by atoms with Crippen molar-refractivity contribution < 1.29 is 26.4 Å². The van der Waals surface area contributed by atoms with Gasteiger partial charge in [-0.25, -0.2) is 8.42 Å². The molecule has 0 bridgehead atoms. The van der Waals surface area contributed by atoms with Gasteiger partial charge in [-0.15, -0.1) is 0 Å². The Hall–Kier alpha value is -2.55. The van der Waals surface area contributed by atoms with Crippen molar-refractivity contribution in [1.29, 1.82) is 0 Å². The Morgan fingerprint density at radius 1 is 1.14 bits per heavy atom. The monoisotopic (exact) mass is 414 g/mol. The third kappa shape index (κ3) is 5.48. The number of halogens is 3. The van der Waals surface area contributed by atoms with E-state index in [9.17, 15) is 26.4 Å². The highest BCUT2D eigenvalue weighted by Gasteiger charge is 2.31. The van der Waals surface area contributed by atoms with Gasteiger partial charge in [-0.1, -0.05) is 29.8 Å². The van der Waals surface area contributed by atoms with Crippen molar-refractivity contribution >= 4 is 21.6 Å². The van der Waals surface area contributed by atoms with Crippen LogP contribution in [0.4, 0.5) is 18.9 Å². The summed E-state index contributed by atoms with van der Waals surface area (Å²) < 4.78 is 63.8. The average Bonchev–Trinajstić information content (AvgIpc) is 2.60. The van der Waals surface area contributed by atoms with Crippen LogP contribution in [0.3, 0.4) is 0 Å². The van der Waals surface area contributed by atoms with Gasteiger partial charge in [0, 0.05) is 6.54 Å². The zero-order valence-electron chi connectivity index (χ0n) is 15.6. The molecule has 0 unspecified atom stereocenters. The molecule has 28 heavy (non-hydrogen) atoms. The lowest BCUT2D eigenvalue weighted by molar-refractivity contribution is -0.137. The van der Waals surface area contributed by atoms with Crippen LogP contribution in [0.2, 0.25) is 0 Å². The highest BCUT2D eigenvalue weighted by molar-refractivity contribution is 7.92. The van der Waals surface area contributed by atoms with E-state index in [1.54, 1.807) is 24.3 Å². The molecule has 1 amide bonds. The molecule has 5 nitrogen and oxygen atoms in total. The van der Waals surface area contributed by atoms with E-state index in [1.807, 2.05) is 6.92 Å². The van der Waals surface area contributed by atoms with Gasteiger partial charge in [0.25, 0.3) is 0 Å². The van der Waals surface area contributed by atoms with Gasteiger partial charge in [0.05, 0.1) is 17.5 Å². The van der Waals surface area contributed by atoms with Gasteiger partial charge in [0.15, 0.2) is 0 Å². The molecule has 0 heterocycles. The molecule has 0 aliphatic heterocycles. The second-order valence-corrected chi connectivity index (χ2v) is 8.35. The van der Waals surface area contributed by atoms with E-state index < -0.39 is 33.7 Å². The van der Waals surface area contributed by atoms with Crippen molar-refractivity contribution in [3.05, 3.63) is 65.2 Å². The molecule has 2 aromatic rings. The Balaban J connectivity index is 2.17. The Morgan fingerprint density at radius 2 is 1.75 bits per heavy atom. The first-order valence-corrected chi connectivity index (χ1v) is 10.2. The third-order valence-electron chi connectivity index (χ3n) is 4.10. The molecular weight excluding hydrogens is 393 g/mol. The predicted octanol–water partition coefficient (Wildman–Crippen LogP) is 3.48. The SMILES string of the molecule is Cc1ccc(N([C@H](C)C(=O)NCc2cccc(C(F)(F)F)c2)S(C)(=O)=O)cc1. The minimum atomic E-state index is -4.48. The van der Waals surface area contributed by atoms with E-state index in [0.29, 0.717) is 5.69 Å². The van der Waals surface area contributed by atoms with Crippen LogP contribution in [-0.2, 0) is 27.5 Å². The quantitative estimate of drug-likeness (QED) is 0.787. The maximum absolute atomic E-state index is 12.8. The zero-order valence-corrected chi connectivity index (χ0v) is 16.4. The number of aryl methyl sites for hydroxylation is 1. The number of rotatable bonds is 6. The molecule has 0 aromatic heterocycles. The van der Waals surface area contributed by atoms with Crippen LogP contribution < -0.4 is 9.62 Å². The fourth-order valence-corrected chi connectivity index (χ4v) is 3.87.